The zero-order valence-corrected chi connectivity index (χ0v) is 10.1. The molecule has 18 heavy (non-hydrogen) atoms. The van der Waals surface area contributed by atoms with E-state index in [4.69, 9.17) is 0 Å². The summed E-state index contributed by atoms with van der Waals surface area (Å²) in [5, 5.41) is 22.2. The van der Waals surface area contributed by atoms with Crippen LogP contribution in [0.4, 0.5) is 5.69 Å². The van der Waals surface area contributed by atoms with Crippen molar-refractivity contribution < 1.29 is 10.0 Å². The van der Waals surface area contributed by atoms with Crippen LogP contribution in [0, 0.1) is 24.0 Å². The van der Waals surface area contributed by atoms with Gasteiger partial charge in [0.25, 0.3) is 5.69 Å². The van der Waals surface area contributed by atoms with Crippen LogP contribution < -0.4 is 0 Å². The molecule has 0 atom stereocenters. The lowest BCUT2D eigenvalue weighted by molar-refractivity contribution is -0.384. The van der Waals surface area contributed by atoms with E-state index in [2.05, 4.69) is 0 Å². The maximum absolute atomic E-state index is 11.5. The third-order valence-electron chi connectivity index (χ3n) is 3.11. The fourth-order valence-electron chi connectivity index (χ4n) is 1.90. The Labute approximate surface area is 105 Å². The zero-order chi connectivity index (χ0) is 13.3. The summed E-state index contributed by atoms with van der Waals surface area (Å²) in [5.41, 5.74) is 3.21. The molecule has 2 aromatic rings. The monoisotopic (exact) mass is 242 g/mol. The second-order valence-corrected chi connectivity index (χ2v) is 4.17. The van der Waals surface area contributed by atoms with E-state index in [0.717, 1.165) is 16.7 Å². The predicted molar refractivity (Wildman–Crippen MR) is 68.1 cm³/mol. The number of benzene rings is 2. The molecule has 1 radical (unpaired) electrons. The Kier molecular flexibility index (Phi) is 3.02. The van der Waals surface area contributed by atoms with Gasteiger partial charge in [-0.3, -0.25) is 15.2 Å². The third-order valence-corrected chi connectivity index (χ3v) is 3.11. The van der Waals surface area contributed by atoms with Crippen molar-refractivity contribution in [1.82, 2.24) is 0 Å². The first-order valence-electron chi connectivity index (χ1n) is 5.52. The summed E-state index contributed by atoms with van der Waals surface area (Å²) in [6.45, 7) is 3.61. The van der Waals surface area contributed by atoms with Crippen LogP contribution >= 0.6 is 0 Å². The number of non-ortho nitro benzene ring substituents is 1. The lowest BCUT2D eigenvalue weighted by atomic mass is 9.96. The first-order valence-corrected chi connectivity index (χ1v) is 5.52. The molecule has 0 saturated heterocycles. The molecule has 0 fully saturated rings. The van der Waals surface area contributed by atoms with Gasteiger partial charge in [-0.1, -0.05) is 18.2 Å². The number of nitro benzene ring substituents is 1. The van der Waals surface area contributed by atoms with Gasteiger partial charge in [0.05, 0.1) is 4.92 Å². The van der Waals surface area contributed by atoms with Crippen molar-refractivity contribution in [2.24, 2.45) is 0 Å². The summed E-state index contributed by atoms with van der Waals surface area (Å²) in [7, 11) is 0. The van der Waals surface area contributed by atoms with Gasteiger partial charge in [-0.25, -0.2) is 0 Å². The van der Waals surface area contributed by atoms with Gasteiger partial charge in [-0.05, 0) is 42.2 Å². The van der Waals surface area contributed by atoms with Crippen LogP contribution in [0.2, 0.25) is 0 Å². The minimum absolute atomic E-state index is 0.0123. The standard InChI is InChI=1S/C14H12NO3/c1-9-10(2)14(16)7-6-13(9)11-4-3-5-12(8-11)15(17)18/h3-8H,1-2H3. The summed E-state index contributed by atoms with van der Waals surface area (Å²) in [5.74, 6) is -0.0123. The Morgan fingerprint density at radius 3 is 2.44 bits per heavy atom. The Bertz CT molecular complexity index is 620. The van der Waals surface area contributed by atoms with E-state index in [0.29, 0.717) is 5.56 Å². The highest BCUT2D eigenvalue weighted by Gasteiger charge is 2.11. The highest BCUT2D eigenvalue weighted by molar-refractivity contribution is 5.71. The molecule has 0 bridgehead atoms. The lowest BCUT2D eigenvalue weighted by Gasteiger charge is -2.09. The van der Waals surface area contributed by atoms with Crippen LogP contribution in [0.5, 0.6) is 5.75 Å². The second-order valence-electron chi connectivity index (χ2n) is 4.17. The van der Waals surface area contributed by atoms with Crippen LogP contribution in [-0.4, -0.2) is 4.92 Å². The van der Waals surface area contributed by atoms with Gasteiger partial charge in [-0.2, -0.15) is 0 Å². The van der Waals surface area contributed by atoms with Crippen molar-refractivity contribution in [1.29, 1.82) is 0 Å². The first-order chi connectivity index (χ1) is 8.50. The highest BCUT2D eigenvalue weighted by atomic mass is 16.6. The van der Waals surface area contributed by atoms with Crippen molar-refractivity contribution in [3.05, 3.63) is 57.6 Å². The summed E-state index contributed by atoms with van der Waals surface area (Å²) >= 11 is 0. The summed E-state index contributed by atoms with van der Waals surface area (Å²) in [4.78, 5) is 10.3. The molecule has 0 aliphatic heterocycles. The van der Waals surface area contributed by atoms with Crippen LogP contribution in [0.25, 0.3) is 11.1 Å². The number of hydrogen-bond acceptors (Lipinski definition) is 2. The van der Waals surface area contributed by atoms with Gasteiger partial charge in [-0.15, -0.1) is 0 Å². The molecule has 0 spiro atoms. The van der Waals surface area contributed by atoms with Crippen molar-refractivity contribution in [2.75, 3.05) is 0 Å². The Morgan fingerprint density at radius 2 is 1.78 bits per heavy atom. The van der Waals surface area contributed by atoms with Crippen LogP contribution in [0.1, 0.15) is 11.1 Å². The molecule has 4 heteroatoms. The van der Waals surface area contributed by atoms with E-state index >= 15 is 0 Å². The molecule has 0 unspecified atom stereocenters. The maximum atomic E-state index is 11.5. The molecule has 0 aliphatic carbocycles. The average Bonchev–Trinajstić information content (AvgIpc) is 2.36. The Hall–Kier alpha value is -2.36. The highest BCUT2D eigenvalue weighted by Crippen LogP contribution is 2.32. The number of nitro groups is 1. The molecule has 0 aliphatic rings. The number of rotatable bonds is 2. The van der Waals surface area contributed by atoms with E-state index in [-0.39, 0.29) is 11.4 Å². The Balaban J connectivity index is 2.59. The van der Waals surface area contributed by atoms with E-state index in [9.17, 15) is 15.2 Å². The molecular formula is C14H12NO3. The van der Waals surface area contributed by atoms with Crippen molar-refractivity contribution in [3.63, 3.8) is 0 Å². The normalized spacial score (nSPS) is 10.3. The van der Waals surface area contributed by atoms with E-state index < -0.39 is 4.92 Å². The molecule has 2 aromatic carbocycles. The van der Waals surface area contributed by atoms with Gasteiger partial charge in [0.1, 0.15) is 0 Å². The Morgan fingerprint density at radius 1 is 1.06 bits per heavy atom. The minimum Gasteiger partial charge on any atom is -0.290 e. The van der Waals surface area contributed by atoms with Crippen molar-refractivity contribution in [2.45, 2.75) is 13.8 Å². The quantitative estimate of drug-likeness (QED) is 0.589. The number of nitrogens with zero attached hydrogens (tertiary/aromatic N) is 1. The van der Waals surface area contributed by atoms with Gasteiger partial charge in [0.15, 0.2) is 5.75 Å². The molecule has 2 rings (SSSR count). The number of hydrogen-bond donors (Lipinski definition) is 0. The van der Waals surface area contributed by atoms with E-state index in [1.54, 1.807) is 25.1 Å². The van der Waals surface area contributed by atoms with Crippen molar-refractivity contribution >= 4 is 5.69 Å². The largest absolute Gasteiger partial charge is 0.290 e. The van der Waals surface area contributed by atoms with Gasteiger partial charge >= 0.3 is 0 Å². The second kappa shape index (κ2) is 4.49. The van der Waals surface area contributed by atoms with Crippen LogP contribution in [-0.2, 0) is 5.11 Å². The molecule has 91 valence electrons. The SMILES string of the molecule is Cc1c([O])ccc(-c2cccc([N+](=O)[O-])c2)c1C. The van der Waals surface area contributed by atoms with Gasteiger partial charge in [0, 0.05) is 12.1 Å². The third kappa shape index (κ3) is 2.05. The molecule has 0 saturated carbocycles. The van der Waals surface area contributed by atoms with Gasteiger partial charge in [0.2, 0.25) is 0 Å². The van der Waals surface area contributed by atoms with Crippen molar-refractivity contribution in [3.8, 4) is 16.9 Å². The molecule has 0 aromatic heterocycles. The topological polar surface area (TPSA) is 63.0 Å². The maximum Gasteiger partial charge on any atom is 0.270 e. The van der Waals surface area contributed by atoms with Crippen LogP contribution in [0.3, 0.4) is 0 Å². The smallest absolute Gasteiger partial charge is 0.270 e. The predicted octanol–water partition coefficient (Wildman–Crippen LogP) is 4.02. The van der Waals surface area contributed by atoms with E-state index in [1.165, 1.54) is 18.2 Å². The van der Waals surface area contributed by atoms with Gasteiger partial charge < -0.3 is 0 Å². The fourth-order valence-corrected chi connectivity index (χ4v) is 1.90. The average molecular weight is 242 g/mol. The summed E-state index contributed by atoms with van der Waals surface area (Å²) in [6.07, 6.45) is 0. The first kappa shape index (κ1) is 12.1. The van der Waals surface area contributed by atoms with Crippen LogP contribution in [0.15, 0.2) is 36.4 Å². The minimum atomic E-state index is -0.423. The lowest BCUT2D eigenvalue weighted by Crippen LogP contribution is -1.91. The van der Waals surface area contributed by atoms with E-state index in [1.807, 2.05) is 6.92 Å². The molecular weight excluding hydrogens is 230 g/mol. The summed E-state index contributed by atoms with van der Waals surface area (Å²) < 4.78 is 0. The molecule has 0 amide bonds. The zero-order valence-electron chi connectivity index (χ0n) is 10.1. The fraction of sp³-hybridized carbons (Fsp3) is 0.143. The molecule has 0 heterocycles. The molecule has 0 N–H and O–H groups in total. The molecule has 4 nitrogen and oxygen atoms in total. The summed E-state index contributed by atoms with van der Waals surface area (Å²) in [6, 6.07) is 9.63.